The van der Waals surface area contributed by atoms with Crippen molar-refractivity contribution in [3.63, 3.8) is 0 Å². The topological polar surface area (TPSA) is 182 Å². The molecule has 0 N–H and O–H groups in total. The first kappa shape index (κ1) is 32.2. The van der Waals surface area contributed by atoms with Gasteiger partial charge in [0.2, 0.25) is 0 Å². The molecule has 0 aliphatic carbocycles. The average Bonchev–Trinajstić information content (AvgIpc) is 2.99. The Balaban J connectivity index is 1.58. The van der Waals surface area contributed by atoms with Crippen LogP contribution in [0.4, 0.5) is 22.7 Å². The molecule has 0 spiro atoms. The fraction of sp³-hybridized carbons (Fsp3) is 0.133. The van der Waals surface area contributed by atoms with Gasteiger partial charge in [-0.1, -0.05) is 24.3 Å². The van der Waals surface area contributed by atoms with E-state index in [0.717, 1.165) is 12.1 Å². The third-order valence-corrected chi connectivity index (χ3v) is 7.55. The van der Waals surface area contributed by atoms with E-state index in [9.17, 15) is 25.9 Å². The van der Waals surface area contributed by atoms with Crippen molar-refractivity contribution in [1.82, 2.24) is 0 Å². The number of hydrogen-bond donors (Lipinski definition) is 0. The number of ether oxygens (including phenoxy) is 2. The zero-order valence-corrected chi connectivity index (χ0v) is 25.2. The van der Waals surface area contributed by atoms with Gasteiger partial charge in [-0.3, -0.25) is 0 Å². The second kappa shape index (κ2) is 14.1. The van der Waals surface area contributed by atoms with Crippen molar-refractivity contribution in [2.24, 2.45) is 20.5 Å². The van der Waals surface area contributed by atoms with Crippen molar-refractivity contribution in [2.45, 2.75) is 23.6 Å². The van der Waals surface area contributed by atoms with E-state index in [1.807, 2.05) is 13.8 Å². The van der Waals surface area contributed by atoms with Gasteiger partial charge in [0.15, 0.2) is 0 Å². The summed E-state index contributed by atoms with van der Waals surface area (Å²) < 4.78 is 82.6. The maximum absolute atomic E-state index is 12.0. The van der Waals surface area contributed by atoms with Crippen LogP contribution in [0, 0.1) is 0 Å². The molecule has 14 heteroatoms. The highest BCUT2D eigenvalue weighted by molar-refractivity contribution is 7.86. The molecule has 0 bridgehead atoms. The van der Waals surface area contributed by atoms with Crippen molar-refractivity contribution in [3.05, 3.63) is 96.1 Å². The van der Waals surface area contributed by atoms with Crippen LogP contribution in [0.15, 0.2) is 115 Å². The highest BCUT2D eigenvalue weighted by atomic mass is 32.2. The van der Waals surface area contributed by atoms with Gasteiger partial charge in [0.25, 0.3) is 0 Å². The number of benzene rings is 4. The average molecular weight is 635 g/mol. The van der Waals surface area contributed by atoms with Crippen LogP contribution in [0.1, 0.15) is 25.0 Å². The lowest BCUT2D eigenvalue weighted by Gasteiger charge is -2.11. The zero-order chi connectivity index (χ0) is 31.7. The first-order chi connectivity index (χ1) is 21.0. The second-order valence-corrected chi connectivity index (χ2v) is 11.6. The van der Waals surface area contributed by atoms with Crippen LogP contribution in [0.2, 0.25) is 0 Å². The van der Waals surface area contributed by atoms with Crippen LogP contribution in [-0.2, 0) is 20.2 Å². The fourth-order valence-electron chi connectivity index (χ4n) is 3.80. The van der Waals surface area contributed by atoms with E-state index in [1.165, 1.54) is 36.4 Å². The molecular weight excluding hydrogens is 608 g/mol. The van der Waals surface area contributed by atoms with E-state index in [4.69, 9.17) is 9.47 Å². The Morgan fingerprint density at radius 1 is 0.568 bits per heavy atom. The van der Waals surface area contributed by atoms with E-state index in [2.05, 4.69) is 20.5 Å². The molecular formula is C30H26N4O8S2-2. The molecule has 0 amide bonds. The standard InChI is InChI=1S/C30H28N4O8S2/c1-3-41-25-13-9-23(10-14-25)31-33-27-17-7-21(19-29(27)43(35,36)37)5-6-22-8-18-28(30(20-22)44(38,39)40)34-32-24-11-15-26(16-12-24)42-4-2/h5-20H,3-4H2,1-2H3,(H,35,36,37)(H,38,39,40)/p-2. The summed E-state index contributed by atoms with van der Waals surface area (Å²) in [5, 5.41) is 15.9. The van der Waals surface area contributed by atoms with Crippen molar-refractivity contribution in [2.75, 3.05) is 13.2 Å². The van der Waals surface area contributed by atoms with Gasteiger partial charge in [0, 0.05) is 0 Å². The number of rotatable bonds is 12. The Hall–Kier alpha value is -4.76. The maximum atomic E-state index is 12.0. The lowest BCUT2D eigenvalue weighted by molar-refractivity contribution is 0.340. The number of nitrogens with zero attached hydrogens (tertiary/aromatic N) is 4. The van der Waals surface area contributed by atoms with Gasteiger partial charge in [-0.25, -0.2) is 16.8 Å². The van der Waals surface area contributed by atoms with Crippen LogP contribution >= 0.6 is 0 Å². The lowest BCUT2D eigenvalue weighted by atomic mass is 10.1. The Morgan fingerprint density at radius 2 is 0.932 bits per heavy atom. The minimum Gasteiger partial charge on any atom is -0.744 e. The second-order valence-electron chi connectivity index (χ2n) is 8.95. The van der Waals surface area contributed by atoms with Crippen LogP contribution in [0.3, 0.4) is 0 Å². The number of hydrogen-bond acceptors (Lipinski definition) is 12. The summed E-state index contributed by atoms with van der Waals surface area (Å²) in [6.45, 7) is 4.69. The van der Waals surface area contributed by atoms with E-state index < -0.39 is 30.0 Å². The van der Waals surface area contributed by atoms with Crippen LogP contribution in [-0.4, -0.2) is 39.2 Å². The first-order valence-corrected chi connectivity index (χ1v) is 15.9. The molecule has 0 heterocycles. The molecule has 0 aromatic heterocycles. The molecule has 44 heavy (non-hydrogen) atoms. The summed E-state index contributed by atoms with van der Waals surface area (Å²) in [6, 6.07) is 21.1. The first-order valence-electron chi connectivity index (χ1n) is 13.1. The molecule has 0 radical (unpaired) electrons. The van der Waals surface area contributed by atoms with Crippen molar-refractivity contribution >= 4 is 55.1 Å². The van der Waals surface area contributed by atoms with Gasteiger partial charge < -0.3 is 18.6 Å². The normalized spacial score (nSPS) is 12.4. The number of azo groups is 2. The Bertz CT molecular complexity index is 1780. The predicted octanol–water partition coefficient (Wildman–Crippen LogP) is 7.29. The molecule has 0 saturated carbocycles. The Morgan fingerprint density at radius 3 is 1.25 bits per heavy atom. The van der Waals surface area contributed by atoms with Gasteiger partial charge in [0.05, 0.1) is 34.4 Å². The predicted molar refractivity (Wildman–Crippen MR) is 161 cm³/mol. The van der Waals surface area contributed by atoms with E-state index in [-0.39, 0.29) is 11.4 Å². The zero-order valence-electron chi connectivity index (χ0n) is 23.5. The quantitative estimate of drug-likeness (QED) is 0.0883. The summed E-state index contributed by atoms with van der Waals surface area (Å²) >= 11 is 0. The summed E-state index contributed by atoms with van der Waals surface area (Å²) in [5.41, 5.74) is 1.10. The van der Waals surface area contributed by atoms with Gasteiger partial charge in [-0.05, 0) is 97.8 Å². The Kier molecular flexibility index (Phi) is 10.3. The van der Waals surface area contributed by atoms with Gasteiger partial charge in [0.1, 0.15) is 43.1 Å². The van der Waals surface area contributed by atoms with Crippen molar-refractivity contribution < 1.29 is 35.4 Å². The van der Waals surface area contributed by atoms with E-state index >= 15 is 0 Å². The van der Waals surface area contributed by atoms with Gasteiger partial charge in [-0.2, -0.15) is 10.2 Å². The van der Waals surface area contributed by atoms with Crippen LogP contribution < -0.4 is 9.47 Å². The summed E-state index contributed by atoms with van der Waals surface area (Å²) in [6.07, 6.45) is 2.89. The molecule has 0 unspecified atom stereocenters. The highest BCUT2D eigenvalue weighted by Crippen LogP contribution is 2.31. The molecule has 0 fully saturated rings. The lowest BCUT2D eigenvalue weighted by Crippen LogP contribution is -1.99. The van der Waals surface area contributed by atoms with E-state index in [0.29, 0.717) is 47.2 Å². The smallest absolute Gasteiger partial charge is 0.126 e. The Labute approximate surface area is 254 Å². The van der Waals surface area contributed by atoms with Gasteiger partial charge in [-0.15, -0.1) is 10.2 Å². The molecule has 0 aliphatic rings. The molecule has 0 aliphatic heterocycles. The molecule has 4 aromatic rings. The molecule has 0 atom stereocenters. The largest absolute Gasteiger partial charge is 0.744 e. The maximum Gasteiger partial charge on any atom is 0.126 e. The SMILES string of the molecule is CCOc1ccc(N=Nc2ccc(C=Cc3ccc(N=Nc4ccc(OCC)cc4)c(S(=O)(=O)[O-])c3)cc2S(=O)(=O)[O-])cc1. The highest BCUT2D eigenvalue weighted by Gasteiger charge is 2.12. The summed E-state index contributed by atoms with van der Waals surface area (Å²) in [7, 11) is -9.86. The molecule has 4 rings (SSSR count). The third kappa shape index (κ3) is 8.87. The van der Waals surface area contributed by atoms with Gasteiger partial charge >= 0.3 is 0 Å². The fourth-order valence-corrected chi connectivity index (χ4v) is 5.09. The molecule has 0 saturated heterocycles. The molecule has 228 valence electrons. The third-order valence-electron chi connectivity index (χ3n) is 5.82. The van der Waals surface area contributed by atoms with Crippen molar-refractivity contribution in [1.29, 1.82) is 0 Å². The minimum absolute atomic E-state index is 0.159. The summed E-state index contributed by atoms with van der Waals surface area (Å²) in [5.74, 6) is 1.27. The van der Waals surface area contributed by atoms with Crippen LogP contribution in [0.5, 0.6) is 11.5 Å². The monoisotopic (exact) mass is 634 g/mol. The van der Waals surface area contributed by atoms with E-state index in [1.54, 1.807) is 48.5 Å². The molecule has 12 nitrogen and oxygen atoms in total. The molecule has 4 aromatic carbocycles. The van der Waals surface area contributed by atoms with Crippen molar-refractivity contribution in [3.8, 4) is 11.5 Å². The summed E-state index contributed by atoms with van der Waals surface area (Å²) in [4.78, 5) is -1.19. The van der Waals surface area contributed by atoms with Crippen LogP contribution in [0.25, 0.3) is 12.2 Å². The minimum atomic E-state index is -4.93.